The second-order valence-corrected chi connectivity index (χ2v) is 9.77. The Morgan fingerprint density at radius 2 is 1.57 bits per heavy atom. The van der Waals surface area contributed by atoms with E-state index in [4.69, 9.17) is 9.47 Å². The van der Waals surface area contributed by atoms with Gasteiger partial charge in [0.1, 0.15) is 12.4 Å². The van der Waals surface area contributed by atoms with Crippen LogP contribution in [0.15, 0.2) is 59.6 Å². The molecule has 0 bridgehead atoms. The van der Waals surface area contributed by atoms with Crippen LogP contribution in [0.5, 0.6) is 5.75 Å². The summed E-state index contributed by atoms with van der Waals surface area (Å²) in [5.41, 5.74) is -0.490. The monoisotopic (exact) mass is 607 g/mol. The number of anilines is 5. The fourth-order valence-corrected chi connectivity index (χ4v) is 4.42. The number of methoxy groups -OCH3 is 1. The van der Waals surface area contributed by atoms with Crippen LogP contribution in [0.3, 0.4) is 0 Å². The summed E-state index contributed by atoms with van der Waals surface area (Å²) in [5, 5.41) is 7.85. The molecule has 0 aliphatic carbocycles. The lowest BCUT2D eigenvalue weighted by atomic mass is 10.1. The molecule has 3 N–H and O–H groups in total. The van der Waals surface area contributed by atoms with E-state index in [-0.39, 0.29) is 23.1 Å². The van der Waals surface area contributed by atoms with E-state index in [0.717, 1.165) is 12.5 Å². The Balaban J connectivity index is 1.50. The van der Waals surface area contributed by atoms with Gasteiger partial charge in [0.25, 0.3) is 5.91 Å². The minimum Gasteiger partial charge on any atom is -0.491 e. The van der Waals surface area contributed by atoms with Gasteiger partial charge in [0, 0.05) is 30.4 Å². The van der Waals surface area contributed by atoms with Crippen molar-refractivity contribution < 1.29 is 40.4 Å². The maximum atomic E-state index is 14.5. The van der Waals surface area contributed by atoms with Gasteiger partial charge in [-0.2, -0.15) is 4.98 Å². The van der Waals surface area contributed by atoms with Gasteiger partial charge in [-0.3, -0.25) is 9.00 Å². The molecule has 1 amide bonds. The minimum atomic E-state index is -2.38. The SMILES string of the molecule is COCCOc1ccc(Nc2ncc(F)c(Nc3cccc(NC(=O)c4c(F)c(F)c(F)c(F)c4[S@](C)=O)c3)n2)cc1. The molecule has 0 saturated carbocycles. The highest BCUT2D eigenvalue weighted by atomic mass is 32.2. The molecule has 220 valence electrons. The van der Waals surface area contributed by atoms with Gasteiger partial charge in [0.05, 0.1) is 34.1 Å². The van der Waals surface area contributed by atoms with Crippen LogP contribution in [0.1, 0.15) is 10.4 Å². The summed E-state index contributed by atoms with van der Waals surface area (Å²) in [6.45, 7) is 0.814. The van der Waals surface area contributed by atoms with Crippen LogP contribution in [0.2, 0.25) is 0 Å². The topological polar surface area (TPSA) is 114 Å². The molecule has 9 nitrogen and oxygen atoms in total. The van der Waals surface area contributed by atoms with Gasteiger partial charge in [0.15, 0.2) is 34.9 Å². The molecule has 3 aromatic carbocycles. The maximum Gasteiger partial charge on any atom is 0.260 e. The lowest BCUT2D eigenvalue weighted by molar-refractivity contribution is 0.101. The maximum absolute atomic E-state index is 14.5. The number of hydrogen-bond acceptors (Lipinski definition) is 8. The quantitative estimate of drug-likeness (QED) is 0.0865. The van der Waals surface area contributed by atoms with Crippen molar-refractivity contribution in [2.75, 3.05) is 42.5 Å². The number of aromatic nitrogens is 2. The van der Waals surface area contributed by atoms with Crippen molar-refractivity contribution in [1.29, 1.82) is 0 Å². The number of hydrogen-bond donors (Lipinski definition) is 3. The highest BCUT2D eigenvalue weighted by Gasteiger charge is 2.31. The van der Waals surface area contributed by atoms with Crippen LogP contribution in [0.4, 0.5) is 50.8 Å². The molecule has 0 spiro atoms. The molecule has 0 aliphatic rings. The number of halogens is 5. The summed E-state index contributed by atoms with van der Waals surface area (Å²) in [4.78, 5) is 19.6. The van der Waals surface area contributed by atoms with Crippen LogP contribution < -0.4 is 20.7 Å². The molecule has 0 fully saturated rings. The van der Waals surface area contributed by atoms with E-state index in [2.05, 4.69) is 25.9 Å². The van der Waals surface area contributed by atoms with Crippen molar-refractivity contribution >= 4 is 45.5 Å². The fourth-order valence-electron chi connectivity index (χ4n) is 3.61. The first-order chi connectivity index (χ1) is 20.1. The van der Waals surface area contributed by atoms with Gasteiger partial charge in [-0.25, -0.2) is 26.9 Å². The van der Waals surface area contributed by atoms with E-state index in [1.54, 1.807) is 31.4 Å². The van der Waals surface area contributed by atoms with Crippen LogP contribution >= 0.6 is 0 Å². The number of nitrogens with zero attached hydrogens (tertiary/aromatic N) is 2. The van der Waals surface area contributed by atoms with E-state index >= 15 is 0 Å². The van der Waals surface area contributed by atoms with Crippen molar-refractivity contribution in [3.8, 4) is 5.75 Å². The summed E-state index contributed by atoms with van der Waals surface area (Å²) in [6.07, 6.45) is 1.81. The molecule has 1 atom stereocenters. The molecular weight excluding hydrogens is 585 g/mol. The summed E-state index contributed by atoms with van der Waals surface area (Å²) in [5.74, 6) is -10.1. The van der Waals surface area contributed by atoms with E-state index in [9.17, 15) is 31.0 Å². The van der Waals surface area contributed by atoms with Crippen molar-refractivity contribution in [3.05, 3.63) is 89.4 Å². The smallest absolute Gasteiger partial charge is 0.260 e. The summed E-state index contributed by atoms with van der Waals surface area (Å²) >= 11 is 0. The Labute approximate surface area is 238 Å². The molecule has 1 heterocycles. The Morgan fingerprint density at radius 3 is 2.26 bits per heavy atom. The average Bonchev–Trinajstić information content (AvgIpc) is 2.96. The van der Waals surface area contributed by atoms with Crippen molar-refractivity contribution in [2.45, 2.75) is 4.90 Å². The molecule has 0 aliphatic heterocycles. The highest BCUT2D eigenvalue weighted by molar-refractivity contribution is 7.84. The van der Waals surface area contributed by atoms with Gasteiger partial charge in [-0.05, 0) is 42.5 Å². The summed E-state index contributed by atoms with van der Waals surface area (Å²) < 4.78 is 93.0. The number of ether oxygens (including phenoxy) is 2. The third kappa shape index (κ3) is 6.98. The van der Waals surface area contributed by atoms with Gasteiger partial charge in [-0.15, -0.1) is 0 Å². The largest absolute Gasteiger partial charge is 0.491 e. The first kappa shape index (κ1) is 30.3. The second-order valence-electron chi connectivity index (χ2n) is 8.45. The van der Waals surface area contributed by atoms with Crippen LogP contribution in [-0.2, 0) is 15.5 Å². The third-order valence-corrected chi connectivity index (χ3v) is 6.49. The van der Waals surface area contributed by atoms with Crippen molar-refractivity contribution in [3.63, 3.8) is 0 Å². The molecule has 15 heteroatoms. The van der Waals surface area contributed by atoms with E-state index in [1.165, 1.54) is 24.3 Å². The molecule has 42 heavy (non-hydrogen) atoms. The Kier molecular flexibility index (Phi) is 9.64. The van der Waals surface area contributed by atoms with Crippen LogP contribution in [-0.4, -0.2) is 46.7 Å². The minimum absolute atomic E-state index is 0.0250. The van der Waals surface area contributed by atoms with Crippen LogP contribution in [0, 0.1) is 29.1 Å². The lowest BCUT2D eigenvalue weighted by Crippen LogP contribution is -2.20. The van der Waals surface area contributed by atoms with E-state index < -0.39 is 56.3 Å². The number of rotatable bonds is 11. The van der Waals surface area contributed by atoms with E-state index in [0.29, 0.717) is 24.7 Å². The summed E-state index contributed by atoms with van der Waals surface area (Å²) in [7, 11) is -0.817. The summed E-state index contributed by atoms with van der Waals surface area (Å²) in [6, 6.07) is 12.4. The zero-order valence-electron chi connectivity index (χ0n) is 21.9. The predicted octanol–water partition coefficient (Wildman–Crippen LogP) is 5.67. The van der Waals surface area contributed by atoms with Crippen molar-refractivity contribution in [1.82, 2.24) is 9.97 Å². The third-order valence-electron chi connectivity index (χ3n) is 5.53. The zero-order valence-corrected chi connectivity index (χ0v) is 22.8. The number of amides is 1. The molecule has 4 rings (SSSR count). The van der Waals surface area contributed by atoms with Crippen molar-refractivity contribution in [2.24, 2.45) is 0 Å². The Bertz CT molecular complexity index is 1640. The molecular formula is C27H22F5N5O4S. The standard InChI is InChI=1S/C27H22F5N5O4S/c1-40-10-11-41-17-8-6-14(7-9-17)36-27-33-13-18(28)25(37-27)34-15-4-3-5-16(12-15)35-26(38)19-20(29)21(30)22(31)23(32)24(19)42(2)39/h3-9,12-13H,10-11H2,1-2H3,(H,35,38)(H2,33,34,36,37)/t42-/m0/s1. The van der Waals surface area contributed by atoms with Gasteiger partial charge < -0.3 is 25.4 Å². The normalized spacial score (nSPS) is 11.6. The molecule has 0 radical (unpaired) electrons. The Morgan fingerprint density at radius 1 is 0.881 bits per heavy atom. The lowest BCUT2D eigenvalue weighted by Gasteiger charge is -2.13. The fraction of sp³-hybridized carbons (Fsp3) is 0.148. The first-order valence-corrected chi connectivity index (χ1v) is 13.5. The molecule has 0 saturated heterocycles. The zero-order chi connectivity index (χ0) is 30.4. The van der Waals surface area contributed by atoms with Gasteiger partial charge >= 0.3 is 0 Å². The van der Waals surface area contributed by atoms with Gasteiger partial charge in [0.2, 0.25) is 5.95 Å². The Hall–Kier alpha value is -4.63. The first-order valence-electron chi connectivity index (χ1n) is 12.0. The number of carbonyl (C=O) groups is 1. The van der Waals surface area contributed by atoms with E-state index in [1.807, 2.05) is 0 Å². The predicted molar refractivity (Wildman–Crippen MR) is 145 cm³/mol. The highest BCUT2D eigenvalue weighted by Crippen LogP contribution is 2.28. The second kappa shape index (κ2) is 13.4. The number of benzene rings is 3. The number of carbonyl (C=O) groups excluding carboxylic acids is 1. The van der Waals surface area contributed by atoms with Crippen LogP contribution in [0.25, 0.3) is 0 Å². The average molecular weight is 608 g/mol. The molecule has 1 aromatic heterocycles. The number of nitrogens with one attached hydrogen (secondary N) is 3. The molecule has 0 unspecified atom stereocenters. The molecule has 4 aromatic rings. The van der Waals surface area contributed by atoms with Gasteiger partial charge in [-0.1, -0.05) is 6.07 Å².